The maximum absolute atomic E-state index is 13.1. The molecule has 2 aromatic carbocycles. The van der Waals surface area contributed by atoms with E-state index in [2.05, 4.69) is 14.6 Å². The van der Waals surface area contributed by atoms with E-state index in [1.165, 1.54) is 0 Å². The third-order valence-electron chi connectivity index (χ3n) is 6.36. The number of anilines is 1. The topological polar surface area (TPSA) is 121 Å². The Morgan fingerprint density at radius 3 is 2.78 bits per heavy atom. The molecule has 0 radical (unpaired) electrons. The lowest BCUT2D eigenvalue weighted by molar-refractivity contribution is -0.132. The highest BCUT2D eigenvalue weighted by Crippen LogP contribution is 2.31. The molecule has 2 heterocycles. The number of rotatable bonds is 10. The minimum Gasteiger partial charge on any atom is -0.497 e. The second-order valence-corrected chi connectivity index (χ2v) is 10.9. The Hall–Kier alpha value is -3.41. The first-order valence-electron chi connectivity index (χ1n) is 11.9. The second kappa shape index (κ2) is 11.3. The molecule has 0 bridgehead atoms. The van der Waals surface area contributed by atoms with Crippen LogP contribution >= 0.6 is 0 Å². The molecule has 1 amide bonds. The van der Waals surface area contributed by atoms with Gasteiger partial charge in [-0.15, -0.1) is 0 Å². The Morgan fingerprint density at radius 2 is 2.08 bits per heavy atom. The number of sulfonamides is 1. The summed E-state index contributed by atoms with van der Waals surface area (Å²) in [7, 11) is -0.146. The van der Waals surface area contributed by atoms with Crippen molar-refractivity contribution in [1.29, 1.82) is 0 Å². The number of nitrogens with zero attached hydrogens (tertiary/aromatic N) is 3. The van der Waals surface area contributed by atoms with Crippen molar-refractivity contribution in [1.82, 2.24) is 14.8 Å². The average Bonchev–Trinajstić information content (AvgIpc) is 3.31. The average molecular weight is 529 g/mol. The summed E-state index contributed by atoms with van der Waals surface area (Å²) in [5, 5.41) is 10.7. The van der Waals surface area contributed by atoms with Gasteiger partial charge in [0.05, 0.1) is 36.7 Å². The third-order valence-corrected chi connectivity index (χ3v) is 6.95. The van der Waals surface area contributed by atoms with Crippen LogP contribution in [0.3, 0.4) is 0 Å². The minimum atomic E-state index is -3.49. The van der Waals surface area contributed by atoms with E-state index in [0.29, 0.717) is 41.9 Å². The maximum Gasteiger partial charge on any atom is 0.260 e. The molecule has 0 saturated carbocycles. The van der Waals surface area contributed by atoms with Crippen molar-refractivity contribution in [3.05, 3.63) is 60.3 Å². The molecule has 0 spiro atoms. The molecule has 1 fully saturated rings. The van der Waals surface area contributed by atoms with E-state index in [9.17, 15) is 18.3 Å². The smallest absolute Gasteiger partial charge is 0.260 e. The highest BCUT2D eigenvalue weighted by molar-refractivity contribution is 7.92. The fourth-order valence-electron chi connectivity index (χ4n) is 4.50. The van der Waals surface area contributed by atoms with Gasteiger partial charge in [-0.1, -0.05) is 12.1 Å². The summed E-state index contributed by atoms with van der Waals surface area (Å²) in [6, 6.07) is 14.3. The number of carbonyl (C=O) groups is 1. The quantitative estimate of drug-likeness (QED) is 0.411. The first kappa shape index (κ1) is 26.6. The van der Waals surface area contributed by atoms with Crippen LogP contribution in [0.2, 0.25) is 0 Å². The molecule has 1 aromatic heterocycles. The van der Waals surface area contributed by atoms with Crippen LogP contribution in [0.1, 0.15) is 18.0 Å². The van der Waals surface area contributed by atoms with Crippen molar-refractivity contribution < 1.29 is 27.8 Å². The summed E-state index contributed by atoms with van der Waals surface area (Å²) < 4.78 is 37.1. The Balaban J connectivity index is 1.48. The number of amides is 1. The summed E-state index contributed by atoms with van der Waals surface area (Å²) in [5.74, 6) is 0.938. The van der Waals surface area contributed by atoms with Gasteiger partial charge in [0.15, 0.2) is 6.61 Å². The van der Waals surface area contributed by atoms with Crippen LogP contribution in [0.5, 0.6) is 11.5 Å². The number of likely N-dealkylation sites (N-methyl/N-ethyl adjacent to an activating group) is 1. The van der Waals surface area contributed by atoms with Crippen LogP contribution in [0.15, 0.2) is 54.7 Å². The Labute approximate surface area is 216 Å². The lowest BCUT2D eigenvalue weighted by Gasteiger charge is -2.32. The molecule has 0 aliphatic carbocycles. The molecule has 1 aliphatic rings. The van der Waals surface area contributed by atoms with E-state index in [0.717, 1.165) is 24.1 Å². The fourth-order valence-corrected chi connectivity index (χ4v) is 5.06. The highest BCUT2D eigenvalue weighted by atomic mass is 32.2. The normalized spacial score (nSPS) is 16.9. The number of ether oxygens (including phenoxy) is 2. The van der Waals surface area contributed by atoms with Gasteiger partial charge < -0.3 is 19.5 Å². The second-order valence-electron chi connectivity index (χ2n) is 9.18. The fraction of sp³-hybridized carbons (Fsp3) is 0.385. The zero-order valence-corrected chi connectivity index (χ0v) is 21.9. The molecule has 2 atom stereocenters. The van der Waals surface area contributed by atoms with Crippen molar-refractivity contribution in [3.8, 4) is 11.5 Å². The van der Waals surface area contributed by atoms with E-state index in [1.807, 2.05) is 24.3 Å². The van der Waals surface area contributed by atoms with Gasteiger partial charge in [-0.25, -0.2) is 8.42 Å². The number of aliphatic hydroxyl groups excluding tert-OH is 1. The van der Waals surface area contributed by atoms with E-state index < -0.39 is 10.0 Å². The number of fused-ring (bicyclic) bond motifs is 1. The van der Waals surface area contributed by atoms with E-state index >= 15 is 0 Å². The monoisotopic (exact) mass is 528 g/mol. The molecule has 1 saturated heterocycles. The van der Waals surface area contributed by atoms with Crippen LogP contribution in [0.4, 0.5) is 5.69 Å². The van der Waals surface area contributed by atoms with Crippen molar-refractivity contribution in [2.24, 2.45) is 0 Å². The van der Waals surface area contributed by atoms with Gasteiger partial charge in [0, 0.05) is 38.3 Å². The zero-order chi connectivity index (χ0) is 26.6. The van der Waals surface area contributed by atoms with E-state index in [4.69, 9.17) is 9.47 Å². The molecule has 10 nitrogen and oxygen atoms in total. The lowest BCUT2D eigenvalue weighted by Crippen LogP contribution is -2.40. The standard InChI is InChI=1S/C26H32N4O6S/c1-29(16-23(30-13-11-19(31)15-30)18-6-4-7-20(14-18)35-2)25(32)17-36-24-10-9-22(28-37(3,33)34)26-21(24)8-5-12-27-26/h4-10,12,14,19,23,28,31H,11,13,15-17H2,1-3H3/t19-,23-/m0/s1. The van der Waals surface area contributed by atoms with Gasteiger partial charge in [0.1, 0.15) is 11.5 Å². The maximum atomic E-state index is 13.1. The number of aromatic nitrogens is 1. The largest absolute Gasteiger partial charge is 0.497 e. The van der Waals surface area contributed by atoms with Crippen LogP contribution in [-0.2, 0) is 14.8 Å². The van der Waals surface area contributed by atoms with Crippen molar-refractivity contribution >= 4 is 32.5 Å². The number of hydrogen-bond donors (Lipinski definition) is 2. The molecule has 198 valence electrons. The van der Waals surface area contributed by atoms with Gasteiger partial charge in [0.25, 0.3) is 5.91 Å². The summed E-state index contributed by atoms with van der Waals surface area (Å²) in [6.45, 7) is 1.47. The number of hydrogen-bond acceptors (Lipinski definition) is 8. The molecule has 1 aliphatic heterocycles. The summed E-state index contributed by atoms with van der Waals surface area (Å²) in [6.07, 6.45) is 2.93. The molecule has 0 unspecified atom stereocenters. The number of likely N-dealkylation sites (tertiary alicyclic amines) is 1. The third kappa shape index (κ3) is 6.68. The van der Waals surface area contributed by atoms with Crippen molar-refractivity contribution in [2.45, 2.75) is 18.6 Å². The number of nitrogens with one attached hydrogen (secondary N) is 1. The predicted octanol–water partition coefficient (Wildman–Crippen LogP) is 2.26. The van der Waals surface area contributed by atoms with Crippen LogP contribution in [0.25, 0.3) is 10.9 Å². The zero-order valence-electron chi connectivity index (χ0n) is 21.1. The molecule has 37 heavy (non-hydrogen) atoms. The van der Waals surface area contributed by atoms with Gasteiger partial charge in [-0.05, 0) is 48.4 Å². The van der Waals surface area contributed by atoms with Crippen LogP contribution in [-0.4, -0.2) is 87.0 Å². The molecule has 11 heteroatoms. The minimum absolute atomic E-state index is 0.118. The number of pyridine rings is 1. The summed E-state index contributed by atoms with van der Waals surface area (Å²) >= 11 is 0. The molecular weight excluding hydrogens is 496 g/mol. The van der Waals surface area contributed by atoms with E-state index in [-0.39, 0.29) is 24.7 Å². The number of methoxy groups -OCH3 is 1. The van der Waals surface area contributed by atoms with E-state index in [1.54, 1.807) is 49.5 Å². The lowest BCUT2D eigenvalue weighted by atomic mass is 10.0. The van der Waals surface area contributed by atoms with Crippen molar-refractivity contribution in [3.63, 3.8) is 0 Å². The first-order valence-corrected chi connectivity index (χ1v) is 13.8. The SMILES string of the molecule is COc1cccc([C@H](CN(C)C(=O)COc2ccc(NS(C)(=O)=O)c3ncccc23)N2CC[C@H](O)C2)c1. The predicted molar refractivity (Wildman–Crippen MR) is 141 cm³/mol. The number of β-amino-alcohol motifs (C(OH)–C–C–N with tert-alkyl or cyclic N) is 1. The summed E-state index contributed by atoms with van der Waals surface area (Å²) in [4.78, 5) is 21.2. The van der Waals surface area contributed by atoms with Gasteiger partial charge >= 0.3 is 0 Å². The first-order chi connectivity index (χ1) is 17.6. The number of aliphatic hydroxyl groups is 1. The Bertz CT molecular complexity index is 1370. The van der Waals surface area contributed by atoms with Gasteiger partial charge in [0.2, 0.25) is 10.0 Å². The van der Waals surface area contributed by atoms with Gasteiger partial charge in [-0.3, -0.25) is 19.4 Å². The van der Waals surface area contributed by atoms with Gasteiger partial charge in [-0.2, -0.15) is 0 Å². The molecule has 2 N–H and O–H groups in total. The molecule has 3 aromatic rings. The summed E-state index contributed by atoms with van der Waals surface area (Å²) in [5.41, 5.74) is 1.76. The van der Waals surface area contributed by atoms with Crippen molar-refractivity contribution in [2.75, 3.05) is 51.4 Å². The Morgan fingerprint density at radius 1 is 1.27 bits per heavy atom. The molecule has 4 rings (SSSR count). The molecular formula is C26H32N4O6S. The highest BCUT2D eigenvalue weighted by Gasteiger charge is 2.30. The van der Waals surface area contributed by atoms with Crippen LogP contribution in [0, 0.1) is 0 Å². The number of carbonyl (C=O) groups excluding carboxylic acids is 1. The Kier molecular flexibility index (Phi) is 8.16. The number of benzene rings is 2. The van der Waals surface area contributed by atoms with Crippen LogP contribution < -0.4 is 14.2 Å².